The van der Waals surface area contributed by atoms with Crippen LogP contribution in [0.1, 0.15) is 16.7 Å². The van der Waals surface area contributed by atoms with Crippen LogP contribution in [0.5, 0.6) is 0 Å². The average Bonchev–Trinajstić information content (AvgIpc) is 3.21. The van der Waals surface area contributed by atoms with Crippen LogP contribution in [0.2, 0.25) is 0 Å². The van der Waals surface area contributed by atoms with Crippen LogP contribution in [-0.4, -0.2) is 27.4 Å². The molecule has 0 aliphatic heterocycles. The van der Waals surface area contributed by atoms with E-state index >= 15 is 0 Å². The van der Waals surface area contributed by atoms with Crippen molar-refractivity contribution in [2.45, 2.75) is 18.6 Å². The van der Waals surface area contributed by atoms with E-state index in [9.17, 15) is 4.79 Å². The highest BCUT2D eigenvalue weighted by atomic mass is 32.2. The molecule has 0 spiro atoms. The zero-order valence-corrected chi connectivity index (χ0v) is 19.6. The van der Waals surface area contributed by atoms with Gasteiger partial charge in [-0.2, -0.15) is 5.10 Å². The van der Waals surface area contributed by atoms with Crippen LogP contribution < -0.4 is 5.43 Å². The summed E-state index contributed by atoms with van der Waals surface area (Å²) in [6, 6.07) is 30.7. The van der Waals surface area contributed by atoms with Gasteiger partial charge in [0, 0.05) is 5.56 Å². The highest BCUT2D eigenvalue weighted by molar-refractivity contribution is 7.99. The molecule has 1 aromatic heterocycles. The topological polar surface area (TPSA) is 59.3 Å². The number of nitrogens with one attached hydrogen (secondary N) is 1. The highest BCUT2D eigenvalue weighted by Gasteiger charge is 2.13. The van der Waals surface area contributed by atoms with Gasteiger partial charge < -0.3 is 4.57 Å². The molecule has 0 unspecified atom stereocenters. The largest absolute Gasteiger partial charge is 0.314 e. The number of fused-ring (bicyclic) bond motifs is 2. The van der Waals surface area contributed by atoms with E-state index in [-0.39, 0.29) is 11.7 Å². The van der Waals surface area contributed by atoms with Gasteiger partial charge in [0.2, 0.25) is 0 Å². The first-order valence-corrected chi connectivity index (χ1v) is 12.1. The molecule has 0 radical (unpaired) electrons. The first-order chi connectivity index (χ1) is 16.7. The van der Waals surface area contributed by atoms with Gasteiger partial charge in [0.25, 0.3) is 5.91 Å². The zero-order chi connectivity index (χ0) is 23.3. The third kappa shape index (κ3) is 4.87. The Bertz CT molecular complexity index is 1480. The molecule has 0 fully saturated rings. The van der Waals surface area contributed by atoms with E-state index in [0.29, 0.717) is 6.54 Å². The van der Waals surface area contributed by atoms with E-state index in [1.54, 1.807) is 6.21 Å². The van der Waals surface area contributed by atoms with Crippen LogP contribution in [-0.2, 0) is 11.3 Å². The van der Waals surface area contributed by atoms with Gasteiger partial charge in [0.1, 0.15) is 0 Å². The Kier molecular flexibility index (Phi) is 6.40. The Labute approximate surface area is 202 Å². The highest BCUT2D eigenvalue weighted by Crippen LogP contribution is 2.25. The third-order valence-electron chi connectivity index (χ3n) is 5.63. The Balaban J connectivity index is 1.28. The van der Waals surface area contributed by atoms with E-state index in [1.807, 2.05) is 48.5 Å². The molecule has 4 aromatic carbocycles. The van der Waals surface area contributed by atoms with E-state index in [4.69, 9.17) is 4.98 Å². The van der Waals surface area contributed by atoms with E-state index in [0.717, 1.165) is 32.5 Å². The van der Waals surface area contributed by atoms with E-state index < -0.39 is 0 Å². The molecule has 34 heavy (non-hydrogen) atoms. The van der Waals surface area contributed by atoms with Gasteiger partial charge in [-0.3, -0.25) is 4.79 Å². The Hall–Kier alpha value is -3.90. The second kappa shape index (κ2) is 9.93. The minimum absolute atomic E-state index is 0.171. The van der Waals surface area contributed by atoms with Crippen LogP contribution in [0.4, 0.5) is 0 Å². The second-order valence-electron chi connectivity index (χ2n) is 8.11. The number of hydrazone groups is 1. The predicted octanol–water partition coefficient (Wildman–Crippen LogP) is 5.79. The molecular formula is C28H24N4OS. The van der Waals surface area contributed by atoms with Crippen molar-refractivity contribution in [1.82, 2.24) is 15.0 Å². The predicted molar refractivity (Wildman–Crippen MR) is 140 cm³/mol. The fraction of sp³-hybridized carbons (Fsp3) is 0.107. The summed E-state index contributed by atoms with van der Waals surface area (Å²) in [5.41, 5.74) is 8.02. The molecule has 0 saturated heterocycles. The first-order valence-electron chi connectivity index (χ1n) is 11.1. The van der Waals surface area contributed by atoms with Gasteiger partial charge in [-0.25, -0.2) is 10.4 Å². The normalized spacial score (nSPS) is 11.4. The van der Waals surface area contributed by atoms with Gasteiger partial charge in [0.05, 0.1) is 29.5 Å². The number of rotatable bonds is 7. The molecule has 5 nitrogen and oxygen atoms in total. The van der Waals surface area contributed by atoms with Crippen LogP contribution in [0.15, 0.2) is 101 Å². The van der Waals surface area contributed by atoms with Gasteiger partial charge in [-0.15, -0.1) is 0 Å². The zero-order valence-electron chi connectivity index (χ0n) is 18.8. The Morgan fingerprint density at radius 1 is 0.971 bits per heavy atom. The number of thioether (sulfide) groups is 1. The average molecular weight is 465 g/mol. The Morgan fingerprint density at radius 3 is 2.62 bits per heavy atom. The quantitative estimate of drug-likeness (QED) is 0.188. The minimum Gasteiger partial charge on any atom is -0.314 e. The summed E-state index contributed by atoms with van der Waals surface area (Å²) in [4.78, 5) is 17.3. The van der Waals surface area contributed by atoms with Crippen molar-refractivity contribution in [1.29, 1.82) is 0 Å². The molecule has 0 aliphatic carbocycles. The Morgan fingerprint density at radius 2 is 1.74 bits per heavy atom. The molecule has 5 aromatic rings. The standard InChI is InChI=1S/C28H24N4OS/c1-20-13-15-21(16-14-20)18-32-26-12-5-4-11-25(26)30-28(32)34-19-27(33)31-29-17-23-9-6-8-22-7-2-3-10-24(22)23/h2-17H,18-19H2,1H3,(H,31,33). The number of hydrogen-bond acceptors (Lipinski definition) is 4. The van der Waals surface area contributed by atoms with Crippen LogP contribution in [0, 0.1) is 6.92 Å². The fourth-order valence-electron chi connectivity index (χ4n) is 3.89. The fourth-order valence-corrected chi connectivity index (χ4v) is 4.70. The number of carbonyl (C=O) groups excluding carboxylic acids is 1. The van der Waals surface area contributed by atoms with Crippen molar-refractivity contribution in [3.05, 3.63) is 108 Å². The molecule has 5 rings (SSSR count). The lowest BCUT2D eigenvalue weighted by Crippen LogP contribution is -2.20. The monoisotopic (exact) mass is 464 g/mol. The molecule has 0 saturated carbocycles. The molecule has 1 heterocycles. The first kappa shape index (κ1) is 21.9. The molecule has 0 bridgehead atoms. The number of aromatic nitrogens is 2. The number of para-hydroxylation sites is 2. The van der Waals surface area contributed by atoms with Crippen LogP contribution >= 0.6 is 11.8 Å². The van der Waals surface area contributed by atoms with Gasteiger partial charge in [0.15, 0.2) is 5.16 Å². The van der Waals surface area contributed by atoms with Gasteiger partial charge >= 0.3 is 0 Å². The number of carbonyl (C=O) groups is 1. The van der Waals surface area contributed by atoms with Crippen molar-refractivity contribution in [2.75, 3.05) is 5.75 Å². The maximum Gasteiger partial charge on any atom is 0.250 e. The van der Waals surface area contributed by atoms with Crippen LogP contribution in [0.25, 0.3) is 21.8 Å². The summed E-state index contributed by atoms with van der Waals surface area (Å²) >= 11 is 1.42. The molecular weight excluding hydrogens is 440 g/mol. The molecule has 1 amide bonds. The molecule has 0 atom stereocenters. The van der Waals surface area contributed by atoms with Crippen molar-refractivity contribution in [2.24, 2.45) is 5.10 Å². The smallest absolute Gasteiger partial charge is 0.250 e. The van der Waals surface area contributed by atoms with E-state index in [2.05, 4.69) is 64.5 Å². The summed E-state index contributed by atoms with van der Waals surface area (Å²) in [7, 11) is 0. The summed E-state index contributed by atoms with van der Waals surface area (Å²) in [5.74, 6) is 0.0554. The van der Waals surface area contributed by atoms with Gasteiger partial charge in [-0.05, 0) is 35.4 Å². The SMILES string of the molecule is Cc1ccc(Cn2c(SCC(=O)NN=Cc3cccc4ccccc34)nc3ccccc32)cc1. The summed E-state index contributed by atoms with van der Waals surface area (Å²) in [6.45, 7) is 2.78. The summed E-state index contributed by atoms with van der Waals surface area (Å²) in [5, 5.41) is 7.23. The second-order valence-corrected chi connectivity index (χ2v) is 9.05. The van der Waals surface area contributed by atoms with Crippen molar-refractivity contribution >= 4 is 45.7 Å². The number of hydrogen-bond donors (Lipinski definition) is 1. The van der Waals surface area contributed by atoms with Crippen LogP contribution in [0.3, 0.4) is 0 Å². The lowest BCUT2D eigenvalue weighted by Gasteiger charge is -2.09. The van der Waals surface area contributed by atoms with Crippen molar-refractivity contribution in [3.8, 4) is 0 Å². The summed E-state index contributed by atoms with van der Waals surface area (Å²) in [6.07, 6.45) is 1.69. The van der Waals surface area contributed by atoms with E-state index in [1.165, 1.54) is 22.9 Å². The number of amides is 1. The number of imidazole rings is 1. The van der Waals surface area contributed by atoms with Crippen molar-refractivity contribution in [3.63, 3.8) is 0 Å². The molecule has 168 valence electrons. The maximum atomic E-state index is 12.5. The maximum absolute atomic E-state index is 12.5. The number of benzene rings is 4. The lowest BCUT2D eigenvalue weighted by molar-refractivity contribution is -0.118. The molecule has 1 N–H and O–H groups in total. The van der Waals surface area contributed by atoms with Crippen molar-refractivity contribution < 1.29 is 4.79 Å². The van der Waals surface area contributed by atoms with Gasteiger partial charge in [-0.1, -0.05) is 96.2 Å². The third-order valence-corrected chi connectivity index (χ3v) is 6.61. The molecule has 0 aliphatic rings. The minimum atomic E-state index is -0.171. The lowest BCUT2D eigenvalue weighted by atomic mass is 10.1. The number of nitrogens with zero attached hydrogens (tertiary/aromatic N) is 3. The number of aryl methyl sites for hydroxylation is 1. The molecule has 6 heteroatoms. The summed E-state index contributed by atoms with van der Waals surface area (Å²) < 4.78 is 2.16.